The molecule has 1 aliphatic heterocycles. The van der Waals surface area contributed by atoms with Crippen LogP contribution in [-0.4, -0.2) is 30.0 Å². The number of amides is 1. The monoisotopic (exact) mass is 423 g/mol. The highest BCUT2D eigenvalue weighted by Crippen LogP contribution is 2.37. The second kappa shape index (κ2) is 8.32. The molecule has 166 valence electrons. The van der Waals surface area contributed by atoms with Crippen molar-refractivity contribution in [3.05, 3.63) is 59.7 Å². The van der Waals surface area contributed by atoms with E-state index in [1.54, 1.807) is 0 Å². The fourth-order valence-corrected chi connectivity index (χ4v) is 3.55. The van der Waals surface area contributed by atoms with Gasteiger partial charge >= 0.3 is 13.2 Å². The van der Waals surface area contributed by atoms with Crippen LogP contribution < -0.4 is 10.8 Å². The number of carbonyl (C=O) groups is 1. The third-order valence-electron chi connectivity index (χ3n) is 6.01. The van der Waals surface area contributed by atoms with Gasteiger partial charge < -0.3 is 14.0 Å². The second-order valence-electron chi connectivity index (χ2n) is 10.2. The molecule has 1 heterocycles. The van der Waals surface area contributed by atoms with Gasteiger partial charge in [0.1, 0.15) is 5.60 Å². The van der Waals surface area contributed by atoms with Gasteiger partial charge in [0.15, 0.2) is 0 Å². The predicted octanol–water partition coefficient (Wildman–Crippen LogP) is 5.48. The standard InChI is InChI=1S/C25H34BNO4/c1-17(18-12-10-9-11-13-18)20-16-19(27-22(28)29-23(2,3)4)14-15-21(20)26-30-24(5,6)25(7,8)31-26/h9-17H,1-8H3,(H,27,28). The minimum atomic E-state index is -0.563. The fraction of sp³-hybridized carbons (Fsp3) is 0.480. The first-order chi connectivity index (χ1) is 14.3. The van der Waals surface area contributed by atoms with Crippen LogP contribution in [0.5, 0.6) is 0 Å². The lowest BCUT2D eigenvalue weighted by Gasteiger charge is -2.32. The molecule has 0 aliphatic carbocycles. The third kappa shape index (κ3) is 5.31. The molecule has 2 aromatic carbocycles. The summed E-state index contributed by atoms with van der Waals surface area (Å²) in [5.41, 5.74) is 2.42. The van der Waals surface area contributed by atoms with Gasteiger partial charge in [-0.3, -0.25) is 5.32 Å². The number of benzene rings is 2. The van der Waals surface area contributed by atoms with E-state index in [2.05, 4.69) is 24.4 Å². The highest BCUT2D eigenvalue weighted by Gasteiger charge is 2.52. The smallest absolute Gasteiger partial charge is 0.444 e. The summed E-state index contributed by atoms with van der Waals surface area (Å²) in [6.07, 6.45) is -0.478. The van der Waals surface area contributed by atoms with Crippen molar-refractivity contribution in [3.8, 4) is 0 Å². The molecular weight excluding hydrogens is 389 g/mol. The molecule has 31 heavy (non-hydrogen) atoms. The minimum absolute atomic E-state index is 0.0793. The number of hydrogen-bond donors (Lipinski definition) is 1. The lowest BCUT2D eigenvalue weighted by Crippen LogP contribution is -2.41. The van der Waals surface area contributed by atoms with Crippen molar-refractivity contribution >= 4 is 24.4 Å². The second-order valence-corrected chi connectivity index (χ2v) is 10.2. The average molecular weight is 423 g/mol. The number of hydrogen-bond acceptors (Lipinski definition) is 4. The number of nitrogens with one attached hydrogen (secondary N) is 1. The van der Waals surface area contributed by atoms with Gasteiger partial charge in [0.25, 0.3) is 0 Å². The van der Waals surface area contributed by atoms with Crippen molar-refractivity contribution in [2.45, 2.75) is 78.1 Å². The molecule has 1 unspecified atom stereocenters. The predicted molar refractivity (Wildman–Crippen MR) is 126 cm³/mol. The quantitative estimate of drug-likeness (QED) is 0.662. The number of anilines is 1. The first kappa shape index (κ1) is 23.4. The summed E-state index contributed by atoms with van der Waals surface area (Å²) in [5.74, 6) is 0.0793. The summed E-state index contributed by atoms with van der Waals surface area (Å²) in [4.78, 5) is 12.3. The van der Waals surface area contributed by atoms with Gasteiger partial charge in [-0.05, 0) is 77.2 Å². The lowest BCUT2D eigenvalue weighted by molar-refractivity contribution is 0.00578. The van der Waals surface area contributed by atoms with Crippen molar-refractivity contribution < 1.29 is 18.8 Å². The van der Waals surface area contributed by atoms with Gasteiger partial charge in [-0.15, -0.1) is 0 Å². The van der Waals surface area contributed by atoms with Crippen LogP contribution >= 0.6 is 0 Å². The number of carbonyl (C=O) groups excluding carboxylic acids is 1. The van der Waals surface area contributed by atoms with E-state index in [1.807, 2.05) is 84.9 Å². The number of ether oxygens (including phenoxy) is 1. The molecule has 1 atom stereocenters. The molecule has 6 heteroatoms. The molecule has 3 rings (SSSR count). The highest BCUT2D eigenvalue weighted by molar-refractivity contribution is 6.62. The summed E-state index contributed by atoms with van der Waals surface area (Å²) >= 11 is 0. The third-order valence-corrected chi connectivity index (χ3v) is 6.01. The SMILES string of the molecule is CC(c1ccccc1)c1cc(NC(=O)OC(C)(C)C)ccc1B1OC(C)(C)C(C)(C)O1. The van der Waals surface area contributed by atoms with Crippen LogP contribution in [0.1, 0.15) is 72.4 Å². The maximum Gasteiger partial charge on any atom is 0.495 e. The highest BCUT2D eigenvalue weighted by atomic mass is 16.7. The van der Waals surface area contributed by atoms with Crippen molar-refractivity contribution in [2.75, 3.05) is 5.32 Å². The summed E-state index contributed by atoms with van der Waals surface area (Å²) in [6, 6.07) is 16.1. The molecular formula is C25H34BNO4. The molecule has 0 bridgehead atoms. The van der Waals surface area contributed by atoms with E-state index in [0.717, 1.165) is 11.0 Å². The van der Waals surface area contributed by atoms with Gasteiger partial charge in [0.05, 0.1) is 11.2 Å². The first-order valence-corrected chi connectivity index (χ1v) is 10.8. The summed E-state index contributed by atoms with van der Waals surface area (Å²) in [6.45, 7) is 15.9. The van der Waals surface area contributed by atoms with Gasteiger partial charge in [0, 0.05) is 11.6 Å². The first-order valence-electron chi connectivity index (χ1n) is 10.8. The Hall–Kier alpha value is -2.31. The topological polar surface area (TPSA) is 56.8 Å². The molecule has 2 aromatic rings. The average Bonchev–Trinajstić information content (AvgIpc) is 2.87. The molecule has 0 aromatic heterocycles. The Morgan fingerprint density at radius 2 is 1.58 bits per heavy atom. The molecule has 1 saturated heterocycles. The molecule has 1 amide bonds. The van der Waals surface area contributed by atoms with Crippen LogP contribution in [0, 0.1) is 0 Å². The molecule has 0 spiro atoms. The van der Waals surface area contributed by atoms with Crippen molar-refractivity contribution in [1.29, 1.82) is 0 Å². The maximum absolute atomic E-state index is 12.3. The lowest BCUT2D eigenvalue weighted by atomic mass is 9.72. The minimum Gasteiger partial charge on any atom is -0.444 e. The summed E-state index contributed by atoms with van der Waals surface area (Å²) in [5, 5.41) is 2.85. The Kier molecular flexibility index (Phi) is 6.27. The Balaban J connectivity index is 1.98. The molecule has 0 radical (unpaired) electrons. The molecule has 5 nitrogen and oxygen atoms in total. The van der Waals surface area contributed by atoms with Crippen LogP contribution in [0.4, 0.5) is 10.5 Å². The zero-order valence-corrected chi connectivity index (χ0v) is 19.9. The van der Waals surface area contributed by atoms with Crippen LogP contribution in [0.25, 0.3) is 0 Å². The van der Waals surface area contributed by atoms with E-state index in [9.17, 15) is 4.79 Å². The fourth-order valence-electron chi connectivity index (χ4n) is 3.55. The van der Waals surface area contributed by atoms with E-state index < -0.39 is 30.0 Å². The summed E-state index contributed by atoms with van der Waals surface area (Å²) in [7, 11) is -0.485. The molecule has 1 fully saturated rings. The molecule has 1 N–H and O–H groups in total. The van der Waals surface area contributed by atoms with E-state index in [0.29, 0.717) is 5.69 Å². The van der Waals surface area contributed by atoms with Crippen LogP contribution in [-0.2, 0) is 14.0 Å². The maximum atomic E-state index is 12.3. The Bertz CT molecular complexity index is 918. The van der Waals surface area contributed by atoms with E-state index in [-0.39, 0.29) is 5.92 Å². The van der Waals surface area contributed by atoms with Crippen LogP contribution in [0.2, 0.25) is 0 Å². The van der Waals surface area contributed by atoms with E-state index in [4.69, 9.17) is 14.0 Å². The number of rotatable bonds is 4. The Labute approximate surface area is 186 Å². The Morgan fingerprint density at radius 1 is 1.00 bits per heavy atom. The van der Waals surface area contributed by atoms with Gasteiger partial charge in [-0.1, -0.05) is 43.3 Å². The van der Waals surface area contributed by atoms with E-state index in [1.165, 1.54) is 5.56 Å². The summed E-state index contributed by atoms with van der Waals surface area (Å²) < 4.78 is 18.1. The van der Waals surface area contributed by atoms with Gasteiger partial charge in [-0.2, -0.15) is 0 Å². The zero-order chi connectivity index (χ0) is 23.0. The van der Waals surface area contributed by atoms with Crippen LogP contribution in [0.3, 0.4) is 0 Å². The normalized spacial score (nSPS) is 18.5. The zero-order valence-electron chi connectivity index (χ0n) is 19.9. The Morgan fingerprint density at radius 3 is 2.13 bits per heavy atom. The van der Waals surface area contributed by atoms with Crippen LogP contribution in [0.15, 0.2) is 48.5 Å². The van der Waals surface area contributed by atoms with Gasteiger partial charge in [-0.25, -0.2) is 4.79 Å². The largest absolute Gasteiger partial charge is 0.495 e. The molecule has 1 aliphatic rings. The molecule has 0 saturated carbocycles. The van der Waals surface area contributed by atoms with E-state index >= 15 is 0 Å². The van der Waals surface area contributed by atoms with Gasteiger partial charge in [0.2, 0.25) is 0 Å². The van der Waals surface area contributed by atoms with Crippen molar-refractivity contribution in [2.24, 2.45) is 0 Å². The van der Waals surface area contributed by atoms with Crippen molar-refractivity contribution in [3.63, 3.8) is 0 Å². The van der Waals surface area contributed by atoms with Crippen molar-refractivity contribution in [1.82, 2.24) is 0 Å².